The van der Waals surface area contributed by atoms with Crippen LogP contribution in [0.2, 0.25) is 0 Å². The third-order valence-electron chi connectivity index (χ3n) is 6.81. The maximum atomic E-state index is 13.8. The van der Waals surface area contributed by atoms with E-state index in [1.165, 1.54) is 0 Å². The van der Waals surface area contributed by atoms with Gasteiger partial charge in [0.05, 0.1) is 10.5 Å². The van der Waals surface area contributed by atoms with Gasteiger partial charge in [0.25, 0.3) is 10.0 Å². The van der Waals surface area contributed by atoms with Crippen LogP contribution in [0, 0.1) is 11.8 Å². The van der Waals surface area contributed by atoms with Crippen molar-refractivity contribution in [2.45, 2.75) is 75.5 Å². The summed E-state index contributed by atoms with van der Waals surface area (Å²) in [7, 11) is -4.51. The summed E-state index contributed by atoms with van der Waals surface area (Å²) in [5.41, 5.74) is 5.46. The quantitative estimate of drug-likeness (QED) is 0.257. The van der Waals surface area contributed by atoms with Crippen LogP contribution in [0.4, 0.5) is 13.2 Å². The number of hydrogen-bond acceptors (Lipinski definition) is 6. The lowest BCUT2D eigenvalue weighted by Gasteiger charge is -2.35. The zero-order valence-corrected chi connectivity index (χ0v) is 24.6. The molecule has 8 nitrogen and oxygen atoms in total. The molecule has 13 heteroatoms. The number of carbonyl (C=O) groups excluding carboxylic acids is 2. The number of nitrogens with two attached hydrogens (primary N) is 1. The van der Waals surface area contributed by atoms with Crippen molar-refractivity contribution < 1.29 is 35.9 Å². The first-order valence-electron chi connectivity index (χ1n) is 13.3. The molecule has 1 fully saturated rings. The van der Waals surface area contributed by atoms with Gasteiger partial charge in [-0.25, -0.2) is 8.42 Å². The third-order valence-corrected chi connectivity index (χ3v) is 8.14. The Bertz CT molecular complexity index is 1240. The molecule has 2 aromatic rings. The van der Waals surface area contributed by atoms with Crippen LogP contribution in [0.5, 0.6) is 0 Å². The Labute approximate surface area is 245 Å². The highest BCUT2D eigenvalue weighted by atomic mass is 35.5. The lowest BCUT2D eigenvalue weighted by Crippen LogP contribution is -2.52. The largest absolute Gasteiger partial charge is 0.462 e. The van der Waals surface area contributed by atoms with Crippen LogP contribution in [0.1, 0.15) is 69.5 Å². The van der Waals surface area contributed by atoms with Gasteiger partial charge in [-0.15, -0.1) is 17.2 Å². The molecule has 0 heterocycles. The van der Waals surface area contributed by atoms with Crippen molar-refractivity contribution in [1.82, 2.24) is 9.84 Å². The first-order valence-corrected chi connectivity index (χ1v) is 14.8. The Morgan fingerprint density at radius 3 is 2.15 bits per heavy atom. The highest BCUT2D eigenvalue weighted by Crippen LogP contribution is 2.32. The number of halogens is 4. The molecule has 0 spiro atoms. The van der Waals surface area contributed by atoms with Gasteiger partial charge >= 0.3 is 12.1 Å². The van der Waals surface area contributed by atoms with Crippen LogP contribution in [-0.4, -0.2) is 38.0 Å². The minimum Gasteiger partial charge on any atom is -0.462 e. The van der Waals surface area contributed by atoms with Crippen molar-refractivity contribution in [1.29, 1.82) is 0 Å². The van der Waals surface area contributed by atoms with Gasteiger partial charge in [-0.3, -0.25) is 14.6 Å². The fraction of sp³-hybridized carbons (Fsp3) is 0.500. The Morgan fingerprint density at radius 2 is 1.61 bits per heavy atom. The smallest absolute Gasteiger partial charge is 0.416 e. The van der Waals surface area contributed by atoms with E-state index in [0.717, 1.165) is 36.4 Å². The number of amides is 1. The Morgan fingerprint density at radius 1 is 1.02 bits per heavy atom. The molecule has 0 saturated heterocycles. The Hall–Kier alpha value is -2.67. The van der Waals surface area contributed by atoms with Gasteiger partial charge in [0.2, 0.25) is 5.91 Å². The zero-order chi connectivity index (χ0) is 29.5. The zero-order valence-electron chi connectivity index (χ0n) is 23.0. The standard InChI is InChI=1S/C28H36F3N3O5S.ClH/c1-19(2)17-24(32)27(36)39-18-25(20-9-5-3-6-10-20)34(26(35)21-11-7-4-8-12-21)33-40(37,38)23-15-13-22(14-16-23)28(29,30)31;/h3,5-6,9-10,13-16,19,21,24-25,33H,4,7-8,11-12,17-18,32H2,1-2H3;1H/t24?,25-;/m1./s1. The number of ether oxygens (including phenoxy) is 1. The van der Waals surface area contributed by atoms with Gasteiger partial charge in [0.15, 0.2) is 0 Å². The number of alkyl halides is 3. The molecule has 41 heavy (non-hydrogen) atoms. The molecule has 3 rings (SSSR count). The van der Waals surface area contributed by atoms with Crippen molar-refractivity contribution in [3.8, 4) is 0 Å². The molecule has 0 aliphatic heterocycles. The van der Waals surface area contributed by atoms with Gasteiger partial charge in [-0.1, -0.05) is 63.4 Å². The molecule has 1 unspecified atom stereocenters. The number of carbonyl (C=O) groups is 2. The molecule has 1 saturated carbocycles. The molecular weight excluding hydrogens is 583 g/mol. The van der Waals surface area contributed by atoms with Crippen LogP contribution in [0.3, 0.4) is 0 Å². The molecule has 2 aromatic carbocycles. The van der Waals surface area contributed by atoms with Crippen LogP contribution < -0.4 is 10.6 Å². The van der Waals surface area contributed by atoms with E-state index in [0.29, 0.717) is 37.0 Å². The van der Waals surface area contributed by atoms with Gasteiger partial charge in [-0.05, 0) is 55.0 Å². The molecular formula is C28H37ClF3N3O5S. The minimum absolute atomic E-state index is 0. The number of sulfonamides is 1. The predicted octanol–water partition coefficient (Wildman–Crippen LogP) is 5.39. The third kappa shape index (κ3) is 9.69. The fourth-order valence-electron chi connectivity index (χ4n) is 4.68. The van der Waals surface area contributed by atoms with Crippen LogP contribution >= 0.6 is 12.4 Å². The number of nitrogens with one attached hydrogen (secondary N) is 1. The first kappa shape index (κ1) is 34.5. The minimum atomic E-state index is -4.64. The van der Waals surface area contributed by atoms with E-state index in [-0.39, 0.29) is 24.9 Å². The summed E-state index contributed by atoms with van der Waals surface area (Å²) in [5, 5.41) is 0.944. The average Bonchev–Trinajstić information content (AvgIpc) is 2.92. The highest BCUT2D eigenvalue weighted by molar-refractivity contribution is 7.89. The molecule has 0 bridgehead atoms. The van der Waals surface area contributed by atoms with E-state index in [4.69, 9.17) is 10.5 Å². The summed E-state index contributed by atoms with van der Waals surface area (Å²) in [4.78, 5) is 28.3. The molecule has 1 amide bonds. The van der Waals surface area contributed by atoms with E-state index in [2.05, 4.69) is 4.83 Å². The maximum Gasteiger partial charge on any atom is 0.416 e. The normalized spacial score (nSPS) is 16.0. The summed E-state index contributed by atoms with van der Waals surface area (Å²) >= 11 is 0. The van der Waals surface area contributed by atoms with Crippen LogP contribution in [-0.2, 0) is 30.5 Å². The van der Waals surface area contributed by atoms with Crippen LogP contribution in [0.15, 0.2) is 59.5 Å². The number of hydrazine groups is 1. The maximum absolute atomic E-state index is 13.8. The van der Waals surface area contributed by atoms with Gasteiger partial charge in [0.1, 0.15) is 18.7 Å². The molecule has 1 aliphatic rings. The Balaban J connectivity index is 0.00000588. The molecule has 228 valence electrons. The van der Waals surface area contributed by atoms with Gasteiger partial charge in [0, 0.05) is 5.92 Å². The fourth-order valence-corrected chi connectivity index (χ4v) is 5.76. The molecule has 0 radical (unpaired) electrons. The van der Waals surface area contributed by atoms with Crippen molar-refractivity contribution >= 4 is 34.3 Å². The number of rotatable bonds is 11. The van der Waals surface area contributed by atoms with E-state index in [9.17, 15) is 31.2 Å². The second-order valence-corrected chi connectivity index (χ2v) is 12.1. The SMILES string of the molecule is CC(C)CC(N)C(=O)OC[C@H](c1ccccc1)N(NS(=O)(=O)c1ccc(C(F)(F)F)cc1)C(=O)C1CCCCC1.Cl. The summed E-state index contributed by atoms with van der Waals surface area (Å²) in [6, 6.07) is 9.49. The number of benzene rings is 2. The van der Waals surface area contributed by atoms with E-state index >= 15 is 0 Å². The first-order chi connectivity index (χ1) is 18.8. The van der Waals surface area contributed by atoms with E-state index in [1.54, 1.807) is 30.3 Å². The monoisotopic (exact) mass is 619 g/mol. The lowest BCUT2D eigenvalue weighted by atomic mass is 9.88. The molecule has 0 aromatic heterocycles. The van der Waals surface area contributed by atoms with Gasteiger partial charge < -0.3 is 10.5 Å². The second-order valence-electron chi connectivity index (χ2n) is 10.5. The summed E-state index contributed by atoms with van der Waals surface area (Å²) < 4.78 is 71.4. The molecule has 1 aliphatic carbocycles. The summed E-state index contributed by atoms with van der Waals surface area (Å²) in [6.07, 6.45) is -0.613. The van der Waals surface area contributed by atoms with Crippen molar-refractivity contribution in [3.63, 3.8) is 0 Å². The van der Waals surface area contributed by atoms with E-state index in [1.807, 2.05) is 13.8 Å². The lowest BCUT2D eigenvalue weighted by molar-refractivity contribution is -0.152. The summed E-state index contributed by atoms with van der Waals surface area (Å²) in [6.45, 7) is 3.42. The average molecular weight is 620 g/mol. The number of hydrogen-bond donors (Lipinski definition) is 2. The number of esters is 1. The Kier molecular flexibility index (Phi) is 12.6. The van der Waals surface area contributed by atoms with E-state index < -0.39 is 56.5 Å². The topological polar surface area (TPSA) is 119 Å². The number of nitrogens with zero attached hydrogens (tertiary/aromatic N) is 1. The highest BCUT2D eigenvalue weighted by Gasteiger charge is 2.36. The predicted molar refractivity (Wildman–Crippen MR) is 150 cm³/mol. The second kappa shape index (κ2) is 15.0. The van der Waals surface area contributed by atoms with Crippen LogP contribution in [0.25, 0.3) is 0 Å². The summed E-state index contributed by atoms with van der Waals surface area (Å²) in [5.74, 6) is -1.54. The van der Waals surface area contributed by atoms with Crippen molar-refractivity contribution in [3.05, 3.63) is 65.7 Å². The molecule has 3 N–H and O–H groups in total. The molecule has 2 atom stereocenters. The van der Waals surface area contributed by atoms with Crippen molar-refractivity contribution in [2.24, 2.45) is 17.6 Å². The van der Waals surface area contributed by atoms with Crippen molar-refractivity contribution in [2.75, 3.05) is 6.61 Å². The van der Waals surface area contributed by atoms with Gasteiger partial charge in [-0.2, -0.15) is 13.2 Å².